The number of nitrogens with zero attached hydrogens (tertiary/aromatic N) is 2. The standard InChI is InChI=1S/C17H20BrN3O2/c18-12-3-6-15(7-4-12)23-11-13-5-8-16(20-13)17(22)21-9-1-2-14(21)10-19/h3-4,6-7,13-14,16,20H,1-2,5,8-9,11H2/t13-,14?,16-/m0/s1. The first-order chi connectivity index (χ1) is 11.2. The summed E-state index contributed by atoms with van der Waals surface area (Å²) in [6.45, 7) is 1.25. The molecule has 122 valence electrons. The molecule has 1 aromatic carbocycles. The summed E-state index contributed by atoms with van der Waals surface area (Å²) in [5.41, 5.74) is 0. The lowest BCUT2D eigenvalue weighted by Gasteiger charge is -2.23. The maximum Gasteiger partial charge on any atom is 0.240 e. The number of halogens is 1. The number of amides is 1. The monoisotopic (exact) mass is 377 g/mol. The van der Waals surface area contributed by atoms with Gasteiger partial charge in [-0.25, -0.2) is 0 Å². The molecule has 0 aromatic heterocycles. The van der Waals surface area contributed by atoms with Gasteiger partial charge in [-0.15, -0.1) is 0 Å². The van der Waals surface area contributed by atoms with Crippen LogP contribution < -0.4 is 10.1 Å². The molecule has 5 nitrogen and oxygen atoms in total. The Bertz CT molecular complexity index is 599. The highest BCUT2D eigenvalue weighted by Crippen LogP contribution is 2.22. The van der Waals surface area contributed by atoms with E-state index < -0.39 is 0 Å². The van der Waals surface area contributed by atoms with Crippen LogP contribution in [0.15, 0.2) is 28.7 Å². The van der Waals surface area contributed by atoms with Crippen LogP contribution in [0.4, 0.5) is 0 Å². The predicted octanol–water partition coefficient (Wildman–Crippen LogP) is 2.46. The fourth-order valence-corrected chi connectivity index (χ4v) is 3.50. The van der Waals surface area contributed by atoms with Gasteiger partial charge in [0.2, 0.25) is 5.91 Å². The van der Waals surface area contributed by atoms with Crippen LogP contribution in [0.5, 0.6) is 5.75 Å². The Labute approximate surface area is 144 Å². The molecule has 1 amide bonds. The average Bonchev–Trinajstić information content (AvgIpc) is 3.23. The number of rotatable bonds is 4. The lowest BCUT2D eigenvalue weighted by atomic mass is 10.1. The topological polar surface area (TPSA) is 65.4 Å². The summed E-state index contributed by atoms with van der Waals surface area (Å²) >= 11 is 3.40. The second-order valence-electron chi connectivity index (χ2n) is 6.08. The molecular weight excluding hydrogens is 358 g/mol. The van der Waals surface area contributed by atoms with Crippen molar-refractivity contribution < 1.29 is 9.53 Å². The highest BCUT2D eigenvalue weighted by atomic mass is 79.9. The first kappa shape index (κ1) is 16.3. The maximum absolute atomic E-state index is 12.5. The molecule has 1 N–H and O–H groups in total. The van der Waals surface area contributed by atoms with E-state index >= 15 is 0 Å². The van der Waals surface area contributed by atoms with Gasteiger partial charge in [0.15, 0.2) is 0 Å². The van der Waals surface area contributed by atoms with Crippen molar-refractivity contribution in [1.29, 1.82) is 5.26 Å². The lowest BCUT2D eigenvalue weighted by Crippen LogP contribution is -2.47. The van der Waals surface area contributed by atoms with Crippen LogP contribution in [0.25, 0.3) is 0 Å². The largest absolute Gasteiger partial charge is 0.492 e. The zero-order valence-electron chi connectivity index (χ0n) is 12.9. The number of nitriles is 1. The Morgan fingerprint density at radius 2 is 2.13 bits per heavy atom. The third kappa shape index (κ3) is 3.85. The molecule has 3 rings (SSSR count). The van der Waals surface area contributed by atoms with Crippen LogP contribution in [0, 0.1) is 11.3 Å². The summed E-state index contributed by atoms with van der Waals surface area (Å²) in [6, 6.07) is 9.71. The fourth-order valence-electron chi connectivity index (χ4n) is 3.24. The lowest BCUT2D eigenvalue weighted by molar-refractivity contribution is -0.133. The molecule has 0 radical (unpaired) electrons. The molecule has 2 heterocycles. The van der Waals surface area contributed by atoms with Crippen LogP contribution in [-0.4, -0.2) is 42.1 Å². The number of benzene rings is 1. The number of hydrogen-bond acceptors (Lipinski definition) is 4. The minimum atomic E-state index is -0.248. The van der Waals surface area contributed by atoms with Crippen molar-refractivity contribution in [3.63, 3.8) is 0 Å². The molecule has 0 spiro atoms. The summed E-state index contributed by atoms with van der Waals surface area (Å²) in [7, 11) is 0. The van der Waals surface area contributed by atoms with Gasteiger partial charge in [-0.1, -0.05) is 15.9 Å². The van der Waals surface area contributed by atoms with E-state index in [1.54, 1.807) is 4.90 Å². The minimum Gasteiger partial charge on any atom is -0.492 e. The normalized spacial score (nSPS) is 27.0. The number of carbonyl (C=O) groups is 1. The van der Waals surface area contributed by atoms with E-state index in [1.807, 2.05) is 24.3 Å². The fraction of sp³-hybridized carbons (Fsp3) is 0.529. The van der Waals surface area contributed by atoms with Crippen LogP contribution >= 0.6 is 15.9 Å². The van der Waals surface area contributed by atoms with Gasteiger partial charge in [-0.3, -0.25) is 10.1 Å². The number of hydrogen-bond donors (Lipinski definition) is 1. The van der Waals surface area contributed by atoms with E-state index in [4.69, 9.17) is 10.00 Å². The summed E-state index contributed by atoms with van der Waals surface area (Å²) < 4.78 is 6.80. The van der Waals surface area contributed by atoms with Gasteiger partial charge in [0, 0.05) is 17.1 Å². The predicted molar refractivity (Wildman–Crippen MR) is 89.9 cm³/mol. The molecule has 6 heteroatoms. The number of ether oxygens (including phenoxy) is 1. The molecule has 0 bridgehead atoms. The third-order valence-corrected chi connectivity index (χ3v) is 5.02. The maximum atomic E-state index is 12.5. The summed E-state index contributed by atoms with van der Waals surface area (Å²) in [5, 5.41) is 12.5. The Balaban J connectivity index is 1.49. The Morgan fingerprint density at radius 1 is 1.35 bits per heavy atom. The summed E-state index contributed by atoms with van der Waals surface area (Å²) in [4.78, 5) is 14.3. The zero-order chi connectivity index (χ0) is 16.2. The van der Waals surface area contributed by atoms with E-state index in [1.165, 1.54) is 0 Å². The molecule has 23 heavy (non-hydrogen) atoms. The highest BCUT2D eigenvalue weighted by molar-refractivity contribution is 9.10. The van der Waals surface area contributed by atoms with Crippen molar-refractivity contribution in [3.05, 3.63) is 28.7 Å². The van der Waals surface area contributed by atoms with Gasteiger partial charge < -0.3 is 9.64 Å². The molecule has 2 aliphatic rings. The molecule has 3 atom stereocenters. The van der Waals surface area contributed by atoms with Crippen molar-refractivity contribution >= 4 is 21.8 Å². The van der Waals surface area contributed by atoms with Crippen molar-refractivity contribution in [1.82, 2.24) is 10.2 Å². The van der Waals surface area contributed by atoms with Crippen molar-refractivity contribution in [2.45, 2.75) is 43.8 Å². The van der Waals surface area contributed by atoms with Crippen LogP contribution in [0.2, 0.25) is 0 Å². The van der Waals surface area contributed by atoms with Crippen molar-refractivity contribution in [3.8, 4) is 11.8 Å². The first-order valence-electron chi connectivity index (χ1n) is 8.02. The van der Waals surface area contributed by atoms with Gasteiger partial charge >= 0.3 is 0 Å². The minimum absolute atomic E-state index is 0.0696. The van der Waals surface area contributed by atoms with Crippen LogP contribution in [0.1, 0.15) is 25.7 Å². The second kappa shape index (κ2) is 7.33. The zero-order valence-corrected chi connectivity index (χ0v) is 14.5. The second-order valence-corrected chi connectivity index (χ2v) is 6.99. The average molecular weight is 378 g/mol. The van der Waals surface area contributed by atoms with Crippen LogP contribution in [0.3, 0.4) is 0 Å². The Kier molecular flexibility index (Phi) is 5.19. The van der Waals surface area contributed by atoms with Gasteiger partial charge in [-0.05, 0) is 49.9 Å². The first-order valence-corrected chi connectivity index (χ1v) is 8.81. The number of carbonyl (C=O) groups excluding carboxylic acids is 1. The smallest absolute Gasteiger partial charge is 0.240 e. The van der Waals surface area contributed by atoms with E-state index in [0.29, 0.717) is 13.2 Å². The number of likely N-dealkylation sites (tertiary alicyclic amines) is 1. The molecule has 0 aliphatic carbocycles. The molecule has 1 unspecified atom stereocenters. The molecule has 0 saturated carbocycles. The van der Waals surface area contributed by atoms with Crippen LogP contribution in [-0.2, 0) is 4.79 Å². The third-order valence-electron chi connectivity index (χ3n) is 4.49. The van der Waals surface area contributed by atoms with E-state index in [-0.39, 0.29) is 24.0 Å². The van der Waals surface area contributed by atoms with Gasteiger partial charge in [0.1, 0.15) is 18.4 Å². The van der Waals surface area contributed by atoms with Gasteiger partial charge in [0.05, 0.1) is 12.1 Å². The molecule has 2 saturated heterocycles. The van der Waals surface area contributed by atoms with Gasteiger partial charge in [0.25, 0.3) is 0 Å². The van der Waals surface area contributed by atoms with E-state index in [0.717, 1.165) is 35.9 Å². The Hall–Kier alpha value is -1.58. The quantitative estimate of drug-likeness (QED) is 0.874. The SMILES string of the molecule is N#CC1CCCN1C(=O)[C@@H]1CC[C@@H](COc2ccc(Br)cc2)N1. The van der Waals surface area contributed by atoms with E-state index in [2.05, 4.69) is 27.3 Å². The molecule has 2 aliphatic heterocycles. The Morgan fingerprint density at radius 3 is 2.87 bits per heavy atom. The summed E-state index contributed by atoms with van der Waals surface area (Å²) in [6.07, 6.45) is 3.44. The number of nitrogens with one attached hydrogen (secondary N) is 1. The molecular formula is C17H20BrN3O2. The van der Waals surface area contributed by atoms with Crippen molar-refractivity contribution in [2.75, 3.05) is 13.2 Å². The summed E-state index contributed by atoms with van der Waals surface area (Å²) in [5.74, 6) is 0.897. The molecule has 2 fully saturated rings. The van der Waals surface area contributed by atoms with E-state index in [9.17, 15) is 4.79 Å². The molecule has 1 aromatic rings. The van der Waals surface area contributed by atoms with Gasteiger partial charge in [-0.2, -0.15) is 5.26 Å². The highest BCUT2D eigenvalue weighted by Gasteiger charge is 2.36. The van der Waals surface area contributed by atoms with Crippen molar-refractivity contribution in [2.24, 2.45) is 0 Å².